The second-order valence-electron chi connectivity index (χ2n) is 11.9. The van der Waals surface area contributed by atoms with Gasteiger partial charge in [-0.25, -0.2) is 14.8 Å². The number of methoxy groups -OCH3 is 1. The average Bonchev–Trinajstić information content (AvgIpc) is 3.66. The quantitative estimate of drug-likeness (QED) is 0.536. The summed E-state index contributed by atoms with van der Waals surface area (Å²) in [5, 5.41) is 0. The van der Waals surface area contributed by atoms with Crippen LogP contribution in [0.25, 0.3) is 11.4 Å². The highest BCUT2D eigenvalue weighted by Crippen LogP contribution is 2.33. The first-order valence-corrected chi connectivity index (χ1v) is 14.2. The molecule has 214 valence electrons. The molecule has 1 aliphatic carbocycles. The Morgan fingerprint density at radius 2 is 1.45 bits per heavy atom. The van der Waals surface area contributed by atoms with Crippen LogP contribution in [0.4, 0.5) is 4.79 Å². The van der Waals surface area contributed by atoms with Crippen LogP contribution in [0.1, 0.15) is 73.6 Å². The number of piperidine rings is 1. The molecule has 1 saturated carbocycles. The largest absolute Gasteiger partial charge is 0.444 e. The van der Waals surface area contributed by atoms with E-state index in [9.17, 15) is 14.4 Å². The molecule has 3 aliphatic rings. The van der Waals surface area contributed by atoms with Crippen molar-refractivity contribution >= 4 is 17.9 Å². The number of benzene rings is 1. The predicted molar refractivity (Wildman–Crippen MR) is 149 cm³/mol. The molecule has 3 fully saturated rings. The van der Waals surface area contributed by atoms with E-state index in [1.165, 1.54) is 0 Å². The van der Waals surface area contributed by atoms with Crippen LogP contribution in [0.2, 0.25) is 0 Å². The molecule has 0 bridgehead atoms. The molecule has 0 spiro atoms. The fraction of sp³-hybridized carbons (Fsp3) is 0.567. The van der Waals surface area contributed by atoms with Crippen LogP contribution in [0, 0.1) is 0 Å². The fourth-order valence-electron chi connectivity index (χ4n) is 5.42. The third-order valence-electron chi connectivity index (χ3n) is 7.74. The highest BCUT2D eigenvalue weighted by atomic mass is 16.6. The van der Waals surface area contributed by atoms with Crippen LogP contribution >= 0.6 is 0 Å². The smallest absolute Gasteiger partial charge is 0.410 e. The Morgan fingerprint density at radius 1 is 0.850 bits per heavy atom. The molecule has 0 radical (unpaired) electrons. The molecule has 3 amide bonds. The minimum Gasteiger partial charge on any atom is -0.444 e. The average molecular weight is 550 g/mol. The molecule has 3 heterocycles. The van der Waals surface area contributed by atoms with Crippen LogP contribution in [-0.4, -0.2) is 99.7 Å². The molecular weight excluding hydrogens is 510 g/mol. The van der Waals surface area contributed by atoms with Crippen LogP contribution < -0.4 is 0 Å². The monoisotopic (exact) mass is 549 g/mol. The van der Waals surface area contributed by atoms with E-state index >= 15 is 0 Å². The molecule has 0 N–H and O–H groups in total. The van der Waals surface area contributed by atoms with Gasteiger partial charge in [0.2, 0.25) is 0 Å². The minimum absolute atomic E-state index is 0.00921. The number of amides is 3. The second-order valence-corrected chi connectivity index (χ2v) is 11.9. The van der Waals surface area contributed by atoms with Crippen LogP contribution in [-0.2, 0) is 9.47 Å². The van der Waals surface area contributed by atoms with Crippen LogP contribution in [0.15, 0.2) is 36.7 Å². The predicted octanol–water partition coefficient (Wildman–Crippen LogP) is 4.01. The summed E-state index contributed by atoms with van der Waals surface area (Å²) in [6.07, 6.45) is 7.24. The zero-order valence-electron chi connectivity index (χ0n) is 23.8. The summed E-state index contributed by atoms with van der Waals surface area (Å²) in [7, 11) is 1.67. The van der Waals surface area contributed by atoms with Gasteiger partial charge in [-0.05, 0) is 65.0 Å². The van der Waals surface area contributed by atoms with Crippen LogP contribution in [0.3, 0.4) is 0 Å². The van der Waals surface area contributed by atoms with Crippen molar-refractivity contribution in [1.82, 2.24) is 24.7 Å². The minimum atomic E-state index is -0.530. The van der Waals surface area contributed by atoms with Gasteiger partial charge in [0.25, 0.3) is 11.8 Å². The SMILES string of the molecule is COC1CCN(C(=O)c2ccc(-c3ncc(C(=O)N(C4CC4)C4CCN(C(=O)OC(C)(C)C)CC4)cn3)cc2)C1. The van der Waals surface area contributed by atoms with Gasteiger partial charge in [-0.2, -0.15) is 0 Å². The topological polar surface area (TPSA) is 105 Å². The number of hydrogen-bond acceptors (Lipinski definition) is 7. The number of likely N-dealkylation sites (tertiary alicyclic amines) is 2. The molecule has 1 aromatic carbocycles. The molecule has 5 rings (SSSR count). The van der Waals surface area contributed by atoms with Crippen molar-refractivity contribution in [2.45, 2.75) is 76.7 Å². The molecule has 1 atom stereocenters. The zero-order valence-corrected chi connectivity index (χ0v) is 23.8. The molecule has 1 aromatic heterocycles. The van der Waals surface area contributed by atoms with E-state index in [4.69, 9.17) is 9.47 Å². The van der Waals surface area contributed by atoms with Crippen molar-refractivity contribution < 1.29 is 23.9 Å². The highest BCUT2D eigenvalue weighted by Gasteiger charge is 2.40. The summed E-state index contributed by atoms with van der Waals surface area (Å²) in [5.41, 5.74) is 1.32. The highest BCUT2D eigenvalue weighted by molar-refractivity contribution is 5.95. The van der Waals surface area contributed by atoms with Crippen molar-refractivity contribution in [2.75, 3.05) is 33.3 Å². The number of carbonyl (C=O) groups is 3. The number of ether oxygens (including phenoxy) is 2. The molecule has 1 unspecified atom stereocenters. The summed E-state index contributed by atoms with van der Waals surface area (Å²) < 4.78 is 10.9. The van der Waals surface area contributed by atoms with Gasteiger partial charge in [0.1, 0.15) is 5.60 Å². The van der Waals surface area contributed by atoms with Crippen LogP contribution in [0.5, 0.6) is 0 Å². The Bertz CT molecular complexity index is 1210. The van der Waals surface area contributed by atoms with E-state index in [0.717, 1.165) is 37.7 Å². The Hall–Kier alpha value is -3.53. The number of nitrogens with zero attached hydrogens (tertiary/aromatic N) is 5. The van der Waals surface area contributed by atoms with Gasteiger partial charge in [0.15, 0.2) is 5.82 Å². The maximum atomic E-state index is 13.6. The molecule has 10 nitrogen and oxygen atoms in total. The number of aromatic nitrogens is 2. The lowest BCUT2D eigenvalue weighted by atomic mass is 10.0. The maximum Gasteiger partial charge on any atom is 0.410 e. The van der Waals surface area contributed by atoms with E-state index < -0.39 is 5.60 Å². The summed E-state index contributed by atoms with van der Waals surface area (Å²) in [4.78, 5) is 53.3. The maximum absolute atomic E-state index is 13.6. The van der Waals surface area contributed by atoms with Crippen molar-refractivity contribution in [2.24, 2.45) is 0 Å². The Labute approximate surface area is 235 Å². The van der Waals surface area contributed by atoms with Gasteiger partial charge in [0.05, 0.1) is 11.7 Å². The third kappa shape index (κ3) is 6.43. The summed E-state index contributed by atoms with van der Waals surface area (Å²) in [6, 6.07) is 7.55. The number of carbonyl (C=O) groups excluding carboxylic acids is 3. The summed E-state index contributed by atoms with van der Waals surface area (Å²) >= 11 is 0. The first kappa shape index (κ1) is 28.0. The van der Waals surface area contributed by atoms with Crippen molar-refractivity contribution in [3.05, 3.63) is 47.8 Å². The van der Waals surface area contributed by atoms with Gasteiger partial charge in [-0.1, -0.05) is 12.1 Å². The van der Waals surface area contributed by atoms with E-state index in [1.54, 1.807) is 36.5 Å². The van der Waals surface area contributed by atoms with Crippen molar-refractivity contribution in [1.29, 1.82) is 0 Å². The number of rotatable bonds is 6. The van der Waals surface area contributed by atoms with Gasteiger partial charge in [0, 0.05) is 68.9 Å². The Kier molecular flexibility index (Phi) is 8.07. The first-order valence-electron chi connectivity index (χ1n) is 14.2. The van der Waals surface area contributed by atoms with E-state index in [2.05, 4.69) is 9.97 Å². The lowest BCUT2D eigenvalue weighted by Gasteiger charge is -2.39. The van der Waals surface area contributed by atoms with Gasteiger partial charge in [-0.3, -0.25) is 9.59 Å². The molecular formula is C30H39N5O5. The second kappa shape index (κ2) is 11.5. The molecule has 10 heteroatoms. The van der Waals surface area contributed by atoms with Crippen molar-refractivity contribution in [3.8, 4) is 11.4 Å². The fourth-order valence-corrected chi connectivity index (χ4v) is 5.42. The van der Waals surface area contributed by atoms with E-state index in [0.29, 0.717) is 43.1 Å². The van der Waals surface area contributed by atoms with E-state index in [-0.39, 0.29) is 36.1 Å². The Balaban J connectivity index is 1.20. The molecule has 2 aromatic rings. The Morgan fingerprint density at radius 3 is 2.00 bits per heavy atom. The van der Waals surface area contributed by atoms with Gasteiger partial charge >= 0.3 is 6.09 Å². The zero-order chi connectivity index (χ0) is 28.4. The van der Waals surface area contributed by atoms with Gasteiger partial charge < -0.3 is 24.2 Å². The lowest BCUT2D eigenvalue weighted by molar-refractivity contribution is 0.0142. The lowest BCUT2D eigenvalue weighted by Crippen LogP contribution is -2.50. The third-order valence-corrected chi connectivity index (χ3v) is 7.74. The summed E-state index contributed by atoms with van der Waals surface area (Å²) in [5.74, 6) is 0.426. The van der Waals surface area contributed by atoms with Crippen molar-refractivity contribution in [3.63, 3.8) is 0 Å². The normalized spacial score (nSPS) is 19.9. The first-order chi connectivity index (χ1) is 19.1. The molecule has 2 saturated heterocycles. The molecule has 40 heavy (non-hydrogen) atoms. The standard InChI is InChI=1S/C30H39N5O5/c1-30(2,3)40-29(38)33-14-11-24(12-15-33)35(23-9-10-23)28(37)22-17-31-26(32-18-22)20-5-7-21(8-6-20)27(36)34-16-13-25(19-34)39-4/h5-8,17-18,23-25H,9-16,19H2,1-4H3. The van der Waals surface area contributed by atoms with Gasteiger partial charge in [-0.15, -0.1) is 0 Å². The summed E-state index contributed by atoms with van der Waals surface area (Å²) in [6.45, 7) is 8.02. The van der Waals surface area contributed by atoms with E-state index in [1.807, 2.05) is 42.7 Å². The number of hydrogen-bond donors (Lipinski definition) is 0. The molecule has 2 aliphatic heterocycles.